The molecule has 0 spiro atoms. The van der Waals surface area contributed by atoms with E-state index in [0.717, 1.165) is 45.7 Å². The normalized spacial score (nSPS) is 11.2. The molecule has 110 valence electrons. The van der Waals surface area contributed by atoms with Gasteiger partial charge in [-0.1, -0.05) is 0 Å². The first kappa shape index (κ1) is 13.9. The van der Waals surface area contributed by atoms with Gasteiger partial charge in [0.05, 0.1) is 11.9 Å². The van der Waals surface area contributed by atoms with Crippen LogP contribution in [0.5, 0.6) is 0 Å². The molecule has 0 atom stereocenters. The number of hydrogen-bond donors (Lipinski definition) is 2. The van der Waals surface area contributed by atoms with Crippen LogP contribution >= 0.6 is 11.8 Å². The smallest absolute Gasteiger partial charge is 0.160 e. The van der Waals surface area contributed by atoms with Crippen LogP contribution in [0.15, 0.2) is 17.3 Å². The SMILES string of the molecule is Cc1cc(NCCSc2cn[nH]n2)n2nc(C)c(C)c2n1. The maximum Gasteiger partial charge on any atom is 0.160 e. The molecule has 7 nitrogen and oxygen atoms in total. The molecule has 0 amide bonds. The van der Waals surface area contributed by atoms with Crippen molar-refractivity contribution in [2.75, 3.05) is 17.6 Å². The Bertz CT molecular complexity index is 748. The predicted octanol–water partition coefficient (Wildman–Crippen LogP) is 1.98. The van der Waals surface area contributed by atoms with Crippen molar-refractivity contribution in [1.29, 1.82) is 0 Å². The van der Waals surface area contributed by atoms with Crippen LogP contribution in [0.4, 0.5) is 5.82 Å². The molecule has 0 saturated heterocycles. The zero-order valence-corrected chi connectivity index (χ0v) is 13.0. The first-order chi connectivity index (χ1) is 10.1. The standard InChI is InChI=1S/C13H17N7S/c1-8-6-11(14-4-5-21-12-7-15-19-17-12)20-13(16-8)9(2)10(3)18-20/h6-7,14H,4-5H2,1-3H3,(H,15,17,19). The number of fused-ring (bicyclic) bond motifs is 1. The van der Waals surface area contributed by atoms with Gasteiger partial charge in [-0.2, -0.15) is 19.9 Å². The number of thioether (sulfide) groups is 1. The van der Waals surface area contributed by atoms with Gasteiger partial charge in [-0.3, -0.25) is 0 Å². The average Bonchev–Trinajstić information content (AvgIpc) is 3.06. The molecule has 0 unspecified atom stereocenters. The number of rotatable bonds is 5. The van der Waals surface area contributed by atoms with Crippen molar-refractivity contribution in [1.82, 2.24) is 30.0 Å². The van der Waals surface area contributed by atoms with E-state index in [1.165, 1.54) is 0 Å². The largest absolute Gasteiger partial charge is 0.369 e. The van der Waals surface area contributed by atoms with Gasteiger partial charge in [-0.25, -0.2) is 4.98 Å². The van der Waals surface area contributed by atoms with Crippen LogP contribution in [0.1, 0.15) is 17.0 Å². The zero-order valence-electron chi connectivity index (χ0n) is 12.2. The average molecular weight is 303 g/mol. The molecule has 0 radical (unpaired) electrons. The summed E-state index contributed by atoms with van der Waals surface area (Å²) in [4.78, 5) is 4.56. The van der Waals surface area contributed by atoms with E-state index in [0.29, 0.717) is 0 Å². The van der Waals surface area contributed by atoms with Crippen LogP contribution in [-0.2, 0) is 0 Å². The third kappa shape index (κ3) is 2.85. The molecule has 3 heterocycles. The highest BCUT2D eigenvalue weighted by Gasteiger charge is 2.10. The van der Waals surface area contributed by atoms with E-state index in [4.69, 9.17) is 0 Å². The van der Waals surface area contributed by atoms with E-state index < -0.39 is 0 Å². The quantitative estimate of drug-likeness (QED) is 0.554. The maximum absolute atomic E-state index is 4.56. The second kappa shape index (κ2) is 5.72. The number of nitrogens with zero attached hydrogens (tertiary/aromatic N) is 5. The van der Waals surface area contributed by atoms with Crippen molar-refractivity contribution in [3.63, 3.8) is 0 Å². The molecular weight excluding hydrogens is 286 g/mol. The number of aromatic nitrogens is 6. The number of anilines is 1. The lowest BCUT2D eigenvalue weighted by Crippen LogP contribution is -2.10. The molecular formula is C13H17N7S. The summed E-state index contributed by atoms with van der Waals surface area (Å²) in [5.74, 6) is 1.86. The molecule has 8 heteroatoms. The number of nitrogens with one attached hydrogen (secondary N) is 2. The Hall–Kier alpha value is -2.09. The molecule has 0 aromatic carbocycles. The van der Waals surface area contributed by atoms with Crippen molar-refractivity contribution in [3.8, 4) is 0 Å². The first-order valence-electron chi connectivity index (χ1n) is 6.71. The molecule has 0 aliphatic heterocycles. The lowest BCUT2D eigenvalue weighted by atomic mass is 10.3. The Balaban J connectivity index is 1.73. The second-order valence-corrected chi connectivity index (χ2v) is 5.93. The van der Waals surface area contributed by atoms with E-state index in [-0.39, 0.29) is 0 Å². The minimum Gasteiger partial charge on any atom is -0.369 e. The van der Waals surface area contributed by atoms with Crippen LogP contribution in [0.2, 0.25) is 0 Å². The summed E-state index contributed by atoms with van der Waals surface area (Å²) < 4.78 is 1.87. The van der Waals surface area contributed by atoms with Gasteiger partial charge in [0.2, 0.25) is 0 Å². The molecule has 0 aliphatic carbocycles. The minimum atomic E-state index is 0.814. The molecule has 2 N–H and O–H groups in total. The molecule has 0 aliphatic rings. The molecule has 0 fully saturated rings. The van der Waals surface area contributed by atoms with Crippen LogP contribution in [0.3, 0.4) is 0 Å². The lowest BCUT2D eigenvalue weighted by Gasteiger charge is -2.08. The number of hydrogen-bond acceptors (Lipinski definition) is 6. The topological polar surface area (TPSA) is 83.8 Å². The fraction of sp³-hybridized carbons (Fsp3) is 0.385. The third-order valence-electron chi connectivity index (χ3n) is 3.24. The highest BCUT2D eigenvalue weighted by Crippen LogP contribution is 2.18. The maximum atomic E-state index is 4.56. The van der Waals surface area contributed by atoms with E-state index >= 15 is 0 Å². The first-order valence-corrected chi connectivity index (χ1v) is 7.70. The number of aromatic amines is 1. The zero-order chi connectivity index (χ0) is 14.8. The predicted molar refractivity (Wildman–Crippen MR) is 82.8 cm³/mol. The van der Waals surface area contributed by atoms with Gasteiger partial charge in [-0.15, -0.1) is 16.9 Å². The summed E-state index contributed by atoms with van der Waals surface area (Å²) in [6, 6.07) is 2.01. The Morgan fingerprint density at radius 3 is 2.95 bits per heavy atom. The molecule has 0 saturated carbocycles. The van der Waals surface area contributed by atoms with Crippen molar-refractivity contribution >= 4 is 23.2 Å². The van der Waals surface area contributed by atoms with Crippen molar-refractivity contribution in [2.45, 2.75) is 25.8 Å². The van der Waals surface area contributed by atoms with Gasteiger partial charge in [0.25, 0.3) is 0 Å². The van der Waals surface area contributed by atoms with E-state index in [9.17, 15) is 0 Å². The van der Waals surface area contributed by atoms with Crippen LogP contribution in [0, 0.1) is 20.8 Å². The van der Waals surface area contributed by atoms with E-state index in [2.05, 4.69) is 30.8 Å². The van der Waals surface area contributed by atoms with Gasteiger partial charge < -0.3 is 5.32 Å². The Kier molecular flexibility index (Phi) is 3.78. The van der Waals surface area contributed by atoms with Gasteiger partial charge in [-0.05, 0) is 20.8 Å². The highest BCUT2D eigenvalue weighted by molar-refractivity contribution is 7.99. The fourth-order valence-corrected chi connectivity index (χ4v) is 2.72. The van der Waals surface area contributed by atoms with Gasteiger partial charge in [0.1, 0.15) is 10.8 Å². The Labute approximate surface area is 126 Å². The highest BCUT2D eigenvalue weighted by atomic mass is 32.2. The van der Waals surface area contributed by atoms with Crippen LogP contribution in [0.25, 0.3) is 5.65 Å². The molecule has 3 aromatic rings. The van der Waals surface area contributed by atoms with Gasteiger partial charge in [0.15, 0.2) is 5.65 Å². The Morgan fingerprint density at radius 1 is 1.33 bits per heavy atom. The van der Waals surface area contributed by atoms with E-state index in [1.54, 1.807) is 18.0 Å². The van der Waals surface area contributed by atoms with Crippen molar-refractivity contribution in [3.05, 3.63) is 29.2 Å². The molecule has 21 heavy (non-hydrogen) atoms. The lowest BCUT2D eigenvalue weighted by molar-refractivity contribution is 0.904. The van der Waals surface area contributed by atoms with Crippen LogP contribution in [-0.4, -0.2) is 42.3 Å². The summed E-state index contributed by atoms with van der Waals surface area (Å²) in [6.45, 7) is 6.86. The summed E-state index contributed by atoms with van der Waals surface area (Å²) in [5.41, 5.74) is 4.03. The summed E-state index contributed by atoms with van der Waals surface area (Å²) in [7, 11) is 0. The van der Waals surface area contributed by atoms with Gasteiger partial charge >= 0.3 is 0 Å². The van der Waals surface area contributed by atoms with Crippen molar-refractivity contribution < 1.29 is 0 Å². The third-order valence-corrected chi connectivity index (χ3v) is 4.14. The summed E-state index contributed by atoms with van der Waals surface area (Å²) in [5, 5.41) is 19.3. The van der Waals surface area contributed by atoms with Gasteiger partial charge in [0, 0.05) is 29.6 Å². The molecule has 0 bridgehead atoms. The minimum absolute atomic E-state index is 0.814. The monoisotopic (exact) mass is 303 g/mol. The molecule has 3 rings (SSSR count). The van der Waals surface area contributed by atoms with E-state index in [1.807, 2.05) is 31.4 Å². The summed E-state index contributed by atoms with van der Waals surface area (Å²) in [6.07, 6.45) is 1.72. The fourth-order valence-electron chi connectivity index (χ4n) is 2.07. The summed E-state index contributed by atoms with van der Waals surface area (Å²) >= 11 is 1.65. The van der Waals surface area contributed by atoms with Crippen molar-refractivity contribution in [2.24, 2.45) is 0 Å². The van der Waals surface area contributed by atoms with Crippen LogP contribution < -0.4 is 5.32 Å². The Morgan fingerprint density at radius 2 is 2.19 bits per heavy atom. The second-order valence-electron chi connectivity index (χ2n) is 4.81. The number of H-pyrrole nitrogens is 1. The number of aryl methyl sites for hydroxylation is 3. The molecule has 3 aromatic heterocycles.